The van der Waals surface area contributed by atoms with Crippen LogP contribution in [0.25, 0.3) is 11.1 Å². The summed E-state index contributed by atoms with van der Waals surface area (Å²) in [6.07, 6.45) is 5.77. The van der Waals surface area contributed by atoms with E-state index in [4.69, 9.17) is 4.74 Å². The van der Waals surface area contributed by atoms with Crippen molar-refractivity contribution < 1.29 is 14.3 Å². The second kappa shape index (κ2) is 10.4. The normalized spacial score (nSPS) is 19.6. The molecule has 0 radical (unpaired) electrons. The van der Waals surface area contributed by atoms with Gasteiger partial charge >= 0.3 is 0 Å². The molecule has 2 aromatic carbocycles. The highest BCUT2D eigenvalue weighted by Crippen LogP contribution is 2.44. The van der Waals surface area contributed by atoms with Gasteiger partial charge in [-0.1, -0.05) is 0 Å². The van der Waals surface area contributed by atoms with Crippen LogP contribution < -0.4 is 14.5 Å². The Hall–Kier alpha value is -3.85. The summed E-state index contributed by atoms with van der Waals surface area (Å²) in [6, 6.07) is 13.9. The lowest BCUT2D eigenvalue weighted by atomic mass is 9.77. The Balaban J connectivity index is 1.09. The zero-order valence-electron chi connectivity index (χ0n) is 22.7. The van der Waals surface area contributed by atoms with Gasteiger partial charge in [0.25, 0.3) is 5.91 Å². The highest BCUT2D eigenvalue weighted by Gasteiger charge is 2.49. The van der Waals surface area contributed by atoms with Gasteiger partial charge in [-0.25, -0.2) is 0 Å². The van der Waals surface area contributed by atoms with Crippen LogP contribution in [0.15, 0.2) is 54.9 Å². The molecule has 3 saturated heterocycles. The summed E-state index contributed by atoms with van der Waals surface area (Å²) in [5.41, 5.74) is 4.20. The van der Waals surface area contributed by atoms with E-state index in [1.54, 1.807) is 13.3 Å². The van der Waals surface area contributed by atoms with Gasteiger partial charge in [-0.15, -0.1) is 0 Å². The van der Waals surface area contributed by atoms with Crippen LogP contribution in [0.1, 0.15) is 29.6 Å². The number of aromatic nitrogens is 2. The largest absolute Gasteiger partial charge is 0.496 e. The van der Waals surface area contributed by atoms with Gasteiger partial charge in [-0.3, -0.25) is 14.7 Å². The number of nitrogens with one attached hydrogen (secondary N) is 1. The van der Waals surface area contributed by atoms with Gasteiger partial charge in [-0.2, -0.15) is 5.10 Å². The fourth-order valence-electron chi connectivity index (χ4n) is 6.22. The zero-order chi connectivity index (χ0) is 27.0. The van der Waals surface area contributed by atoms with Crippen LogP contribution >= 0.6 is 0 Å². The SMILES string of the molecule is COc1cc(N2CCC3(CCN(C(=O)c4ccc(N5CCN(C)CC5)cc4)CC3)C2=O)ccc1-c1cn[nH]c1. The van der Waals surface area contributed by atoms with Gasteiger partial charge in [0, 0.05) is 86.1 Å². The molecule has 3 fully saturated rings. The van der Waals surface area contributed by atoms with E-state index in [1.165, 1.54) is 5.69 Å². The van der Waals surface area contributed by atoms with Crippen molar-refractivity contribution in [2.75, 3.05) is 69.8 Å². The van der Waals surface area contributed by atoms with E-state index < -0.39 is 5.41 Å². The molecule has 204 valence electrons. The molecule has 1 N–H and O–H groups in total. The minimum absolute atomic E-state index is 0.0525. The lowest BCUT2D eigenvalue weighted by molar-refractivity contribution is -0.127. The number of benzene rings is 2. The maximum absolute atomic E-state index is 13.7. The molecule has 4 heterocycles. The van der Waals surface area contributed by atoms with Gasteiger partial charge in [0.1, 0.15) is 5.75 Å². The number of methoxy groups -OCH3 is 1. The van der Waals surface area contributed by atoms with E-state index in [0.717, 1.165) is 49.4 Å². The van der Waals surface area contributed by atoms with Crippen LogP contribution in [0.3, 0.4) is 0 Å². The number of aromatic amines is 1. The molecule has 9 nitrogen and oxygen atoms in total. The zero-order valence-corrected chi connectivity index (χ0v) is 22.7. The first-order chi connectivity index (χ1) is 19.0. The molecule has 0 unspecified atom stereocenters. The summed E-state index contributed by atoms with van der Waals surface area (Å²) in [5.74, 6) is 0.919. The van der Waals surface area contributed by atoms with Crippen molar-refractivity contribution in [2.45, 2.75) is 19.3 Å². The highest BCUT2D eigenvalue weighted by molar-refractivity contribution is 6.01. The quantitative estimate of drug-likeness (QED) is 0.546. The Labute approximate surface area is 229 Å². The number of likely N-dealkylation sites (N-methyl/N-ethyl adjacent to an activating group) is 1. The fourth-order valence-corrected chi connectivity index (χ4v) is 6.22. The van der Waals surface area contributed by atoms with Crippen molar-refractivity contribution in [3.05, 3.63) is 60.4 Å². The molecular weight excluding hydrogens is 492 g/mol. The number of carbonyl (C=O) groups is 2. The number of hydrogen-bond acceptors (Lipinski definition) is 6. The second-order valence-electron chi connectivity index (χ2n) is 11.0. The Morgan fingerprint density at radius 3 is 2.28 bits per heavy atom. The smallest absolute Gasteiger partial charge is 0.253 e. The summed E-state index contributed by atoms with van der Waals surface area (Å²) in [7, 11) is 3.79. The number of H-pyrrole nitrogens is 1. The molecule has 3 aliphatic rings. The van der Waals surface area contributed by atoms with Crippen molar-refractivity contribution in [2.24, 2.45) is 5.41 Å². The van der Waals surface area contributed by atoms with Gasteiger partial charge in [0.15, 0.2) is 0 Å². The molecule has 9 heteroatoms. The summed E-state index contributed by atoms with van der Waals surface area (Å²) < 4.78 is 5.64. The number of amides is 2. The maximum Gasteiger partial charge on any atom is 0.253 e. The van der Waals surface area contributed by atoms with Gasteiger partial charge in [0.05, 0.1) is 18.7 Å². The van der Waals surface area contributed by atoms with Gasteiger partial charge < -0.3 is 24.3 Å². The lowest BCUT2D eigenvalue weighted by Gasteiger charge is -2.38. The van der Waals surface area contributed by atoms with E-state index in [2.05, 4.69) is 39.2 Å². The van der Waals surface area contributed by atoms with Gasteiger partial charge in [-0.05, 0) is 62.7 Å². The topological polar surface area (TPSA) is 85.0 Å². The molecule has 3 aliphatic heterocycles. The third-order valence-corrected chi connectivity index (χ3v) is 8.81. The average molecular weight is 529 g/mol. The predicted molar refractivity (Wildman–Crippen MR) is 151 cm³/mol. The predicted octanol–water partition coefficient (Wildman–Crippen LogP) is 3.50. The summed E-state index contributed by atoms with van der Waals surface area (Å²) in [6.45, 7) is 5.99. The molecule has 2 amide bonds. The monoisotopic (exact) mass is 528 g/mol. The first-order valence-electron chi connectivity index (χ1n) is 13.8. The van der Waals surface area contributed by atoms with Crippen LogP contribution in [-0.2, 0) is 4.79 Å². The van der Waals surface area contributed by atoms with Crippen LogP contribution in [0.4, 0.5) is 11.4 Å². The molecule has 0 saturated carbocycles. The molecule has 0 atom stereocenters. The van der Waals surface area contributed by atoms with Crippen molar-refractivity contribution >= 4 is 23.2 Å². The van der Waals surface area contributed by atoms with Crippen molar-refractivity contribution in [1.29, 1.82) is 0 Å². The first kappa shape index (κ1) is 25.4. The summed E-state index contributed by atoms with van der Waals surface area (Å²) >= 11 is 0. The van der Waals surface area contributed by atoms with Crippen LogP contribution in [0.5, 0.6) is 5.75 Å². The Morgan fingerprint density at radius 2 is 1.62 bits per heavy atom. The standard InChI is InChI=1S/C30H36N6O3/c1-33-15-17-34(18-16-33)24-5-3-22(4-6-24)28(37)35-12-9-30(10-13-35)11-14-36(29(30)38)25-7-8-26(27(19-25)39-2)23-20-31-32-21-23/h3-8,19-21H,9-18H2,1-2H3,(H,31,32). The number of ether oxygens (including phenoxy) is 1. The molecule has 39 heavy (non-hydrogen) atoms. The second-order valence-corrected chi connectivity index (χ2v) is 11.0. The number of rotatable bonds is 5. The van der Waals surface area contributed by atoms with E-state index in [9.17, 15) is 9.59 Å². The Morgan fingerprint density at radius 1 is 0.923 bits per heavy atom. The Kier molecular flexibility index (Phi) is 6.76. The van der Waals surface area contributed by atoms with Crippen LogP contribution in [0.2, 0.25) is 0 Å². The average Bonchev–Trinajstić information content (AvgIpc) is 3.62. The molecule has 3 aromatic rings. The van der Waals surface area contributed by atoms with E-state index in [0.29, 0.717) is 43.8 Å². The number of piperidine rings is 1. The van der Waals surface area contributed by atoms with Crippen molar-refractivity contribution in [1.82, 2.24) is 20.0 Å². The number of anilines is 2. The number of piperazine rings is 1. The van der Waals surface area contributed by atoms with Crippen LogP contribution in [-0.4, -0.2) is 91.8 Å². The van der Waals surface area contributed by atoms with Gasteiger partial charge in [0.2, 0.25) is 5.91 Å². The Bertz CT molecular complexity index is 1320. The molecule has 0 bridgehead atoms. The van der Waals surface area contributed by atoms with Crippen molar-refractivity contribution in [3.8, 4) is 16.9 Å². The molecular formula is C30H36N6O3. The summed E-state index contributed by atoms with van der Waals surface area (Å²) in [5, 5.41) is 6.86. The van der Waals surface area contributed by atoms with Crippen molar-refractivity contribution in [3.63, 3.8) is 0 Å². The minimum atomic E-state index is -0.404. The van der Waals surface area contributed by atoms with E-state index >= 15 is 0 Å². The number of nitrogens with zero attached hydrogens (tertiary/aromatic N) is 5. The minimum Gasteiger partial charge on any atom is -0.496 e. The molecule has 0 aliphatic carbocycles. The highest BCUT2D eigenvalue weighted by atomic mass is 16.5. The van der Waals surface area contributed by atoms with Crippen LogP contribution in [0, 0.1) is 5.41 Å². The fraction of sp³-hybridized carbons (Fsp3) is 0.433. The molecule has 1 spiro atoms. The third-order valence-electron chi connectivity index (χ3n) is 8.81. The number of carbonyl (C=O) groups excluding carboxylic acids is 2. The number of likely N-dealkylation sites (tertiary alicyclic amines) is 1. The number of hydrogen-bond donors (Lipinski definition) is 1. The molecule has 1 aromatic heterocycles. The summed E-state index contributed by atoms with van der Waals surface area (Å²) in [4.78, 5) is 35.5. The lowest BCUT2D eigenvalue weighted by Crippen LogP contribution is -2.46. The molecule has 6 rings (SSSR count). The maximum atomic E-state index is 13.7. The third kappa shape index (κ3) is 4.76. The van der Waals surface area contributed by atoms with E-state index in [-0.39, 0.29) is 11.8 Å². The first-order valence-corrected chi connectivity index (χ1v) is 13.8. The van der Waals surface area contributed by atoms with E-state index in [1.807, 2.05) is 46.3 Å².